The lowest BCUT2D eigenvalue weighted by Gasteiger charge is -2.42. The molecule has 0 aromatic carbocycles. The van der Waals surface area contributed by atoms with Crippen molar-refractivity contribution in [3.8, 4) is 0 Å². The van der Waals surface area contributed by atoms with Crippen molar-refractivity contribution >= 4 is 11.9 Å². The number of esters is 1. The summed E-state index contributed by atoms with van der Waals surface area (Å²) in [6.07, 6.45) is 8.29. The molecular formula is C18H25NO4. The number of methoxy groups -OCH3 is 1. The molecule has 1 aliphatic carbocycles. The van der Waals surface area contributed by atoms with Crippen molar-refractivity contribution in [3.63, 3.8) is 0 Å². The number of hydrogen-bond acceptors (Lipinski definition) is 5. The average molecular weight is 319 g/mol. The summed E-state index contributed by atoms with van der Waals surface area (Å²) in [5.74, 6) is -0.776. The lowest BCUT2D eigenvalue weighted by Crippen LogP contribution is -2.41. The Bertz CT molecular complexity index is 598. The van der Waals surface area contributed by atoms with Gasteiger partial charge >= 0.3 is 11.9 Å². The number of rotatable bonds is 3. The van der Waals surface area contributed by atoms with Gasteiger partial charge in [-0.2, -0.15) is 0 Å². The van der Waals surface area contributed by atoms with Crippen LogP contribution in [0, 0.1) is 5.41 Å². The first kappa shape index (κ1) is 17.3. The van der Waals surface area contributed by atoms with Gasteiger partial charge in [-0.25, -0.2) is 9.86 Å². The van der Waals surface area contributed by atoms with E-state index < -0.39 is 0 Å². The van der Waals surface area contributed by atoms with Crippen LogP contribution in [0.2, 0.25) is 0 Å². The first-order chi connectivity index (χ1) is 10.8. The van der Waals surface area contributed by atoms with Gasteiger partial charge in [0.1, 0.15) is 6.04 Å². The van der Waals surface area contributed by atoms with E-state index in [0.717, 1.165) is 19.3 Å². The molecule has 0 aromatic rings. The fourth-order valence-electron chi connectivity index (χ4n) is 3.54. The number of ether oxygens (including phenoxy) is 1. The van der Waals surface area contributed by atoms with Crippen LogP contribution in [-0.2, 0) is 19.2 Å². The fraction of sp³-hybridized carbons (Fsp3) is 0.556. The lowest BCUT2D eigenvalue weighted by molar-refractivity contribution is -0.179. The fourth-order valence-corrected chi connectivity index (χ4v) is 3.54. The molecule has 1 unspecified atom stereocenters. The van der Waals surface area contributed by atoms with Gasteiger partial charge < -0.3 is 9.57 Å². The predicted molar refractivity (Wildman–Crippen MR) is 87.0 cm³/mol. The first-order valence-electron chi connectivity index (χ1n) is 7.91. The second-order valence-electron chi connectivity index (χ2n) is 6.75. The molecule has 0 radical (unpaired) electrons. The van der Waals surface area contributed by atoms with E-state index in [1.807, 2.05) is 6.08 Å². The Morgan fingerprint density at radius 1 is 1.35 bits per heavy atom. The third-order valence-corrected chi connectivity index (χ3v) is 4.51. The molecule has 1 heterocycles. The van der Waals surface area contributed by atoms with Crippen molar-refractivity contribution in [2.75, 3.05) is 7.11 Å². The van der Waals surface area contributed by atoms with E-state index in [0.29, 0.717) is 5.57 Å². The highest BCUT2D eigenvalue weighted by Crippen LogP contribution is 2.44. The minimum absolute atomic E-state index is 0.0195. The minimum atomic E-state index is -0.388. The van der Waals surface area contributed by atoms with E-state index in [2.05, 4.69) is 20.8 Å². The number of carbonyl (C=O) groups is 2. The molecule has 0 aromatic heterocycles. The summed E-state index contributed by atoms with van der Waals surface area (Å²) in [5.41, 5.74) is 2.95. The van der Waals surface area contributed by atoms with Crippen LogP contribution in [0.5, 0.6) is 0 Å². The van der Waals surface area contributed by atoms with Crippen LogP contribution in [0.15, 0.2) is 35.1 Å². The minimum Gasteiger partial charge on any atom is -0.465 e. The van der Waals surface area contributed by atoms with Crippen LogP contribution in [-0.4, -0.2) is 30.2 Å². The van der Waals surface area contributed by atoms with Crippen molar-refractivity contribution in [1.82, 2.24) is 5.06 Å². The highest BCUT2D eigenvalue weighted by Gasteiger charge is 2.37. The quantitative estimate of drug-likeness (QED) is 0.590. The van der Waals surface area contributed by atoms with Crippen LogP contribution in [0.3, 0.4) is 0 Å². The monoisotopic (exact) mass is 319 g/mol. The van der Waals surface area contributed by atoms with Gasteiger partial charge in [-0.3, -0.25) is 4.79 Å². The molecule has 0 amide bonds. The Balaban J connectivity index is 2.47. The first-order valence-corrected chi connectivity index (χ1v) is 7.91. The zero-order chi connectivity index (χ0) is 17.2. The molecule has 5 nitrogen and oxygen atoms in total. The maximum Gasteiger partial charge on any atom is 0.337 e. The van der Waals surface area contributed by atoms with Crippen LogP contribution in [0.4, 0.5) is 0 Å². The predicted octanol–water partition coefficient (Wildman–Crippen LogP) is 3.29. The Morgan fingerprint density at radius 3 is 2.61 bits per heavy atom. The number of hydroxylamine groups is 2. The second kappa shape index (κ2) is 6.60. The normalized spacial score (nSPS) is 23.4. The van der Waals surface area contributed by atoms with Crippen molar-refractivity contribution in [2.24, 2.45) is 5.41 Å². The molecule has 0 N–H and O–H groups in total. The summed E-state index contributed by atoms with van der Waals surface area (Å²) in [6.45, 7) is 7.88. The maximum absolute atomic E-state index is 11.9. The summed E-state index contributed by atoms with van der Waals surface area (Å²) in [6, 6.07) is -0.284. The largest absolute Gasteiger partial charge is 0.465 e. The number of hydrogen-bond donors (Lipinski definition) is 0. The van der Waals surface area contributed by atoms with Gasteiger partial charge in [0.2, 0.25) is 0 Å². The molecule has 0 fully saturated rings. The van der Waals surface area contributed by atoms with E-state index in [1.54, 1.807) is 12.3 Å². The molecule has 0 saturated heterocycles. The Morgan fingerprint density at radius 2 is 2.04 bits per heavy atom. The lowest BCUT2D eigenvalue weighted by atomic mass is 9.69. The number of allylic oxidation sites excluding steroid dienone is 1. The summed E-state index contributed by atoms with van der Waals surface area (Å²) in [7, 11) is 1.36. The SMILES string of the molecule is COC(=O)C1=CC(C2=C(C)CCCC2(C)C)N(OC(C)=O)C=C1. The molecule has 1 aliphatic heterocycles. The van der Waals surface area contributed by atoms with Crippen molar-refractivity contribution in [3.05, 3.63) is 35.1 Å². The van der Waals surface area contributed by atoms with Crippen molar-refractivity contribution in [2.45, 2.75) is 53.0 Å². The van der Waals surface area contributed by atoms with E-state index in [4.69, 9.17) is 9.57 Å². The molecule has 2 rings (SSSR count). The topological polar surface area (TPSA) is 55.8 Å². The van der Waals surface area contributed by atoms with Gasteiger partial charge in [0.15, 0.2) is 0 Å². The highest BCUT2D eigenvalue weighted by molar-refractivity contribution is 5.92. The van der Waals surface area contributed by atoms with Crippen molar-refractivity contribution < 1.29 is 19.2 Å². The summed E-state index contributed by atoms with van der Waals surface area (Å²) >= 11 is 0. The van der Waals surface area contributed by atoms with Crippen LogP contribution in [0.1, 0.15) is 47.0 Å². The van der Waals surface area contributed by atoms with Gasteiger partial charge in [0.25, 0.3) is 0 Å². The molecule has 1 atom stereocenters. The van der Waals surface area contributed by atoms with E-state index in [9.17, 15) is 9.59 Å². The number of carbonyl (C=O) groups excluding carboxylic acids is 2. The second-order valence-corrected chi connectivity index (χ2v) is 6.75. The standard InChI is InChI=1S/C18H25NO4/c1-12-7-6-9-18(3,4)16(12)15-11-14(17(21)22-5)8-10-19(15)23-13(2)20/h8,10-11,15H,6-7,9H2,1-5H3. The third kappa shape index (κ3) is 3.66. The van der Waals surface area contributed by atoms with Gasteiger partial charge in [0, 0.05) is 13.1 Å². The van der Waals surface area contributed by atoms with Crippen molar-refractivity contribution in [1.29, 1.82) is 0 Å². The summed E-state index contributed by atoms with van der Waals surface area (Å²) < 4.78 is 4.82. The van der Waals surface area contributed by atoms with E-state index in [-0.39, 0.29) is 23.4 Å². The molecule has 0 spiro atoms. The smallest absolute Gasteiger partial charge is 0.337 e. The molecule has 2 aliphatic rings. The van der Waals surface area contributed by atoms with Gasteiger partial charge in [-0.05, 0) is 49.3 Å². The Kier molecular flexibility index (Phi) is 4.97. The van der Waals surface area contributed by atoms with Gasteiger partial charge in [-0.1, -0.05) is 19.4 Å². The summed E-state index contributed by atoms with van der Waals surface area (Å²) in [5, 5.41) is 1.53. The molecule has 126 valence electrons. The maximum atomic E-state index is 11.9. The zero-order valence-electron chi connectivity index (χ0n) is 14.5. The van der Waals surface area contributed by atoms with Crippen LogP contribution in [0.25, 0.3) is 0 Å². The molecule has 0 saturated carbocycles. The average Bonchev–Trinajstić information content (AvgIpc) is 2.46. The Labute approximate surface area is 137 Å². The molecule has 5 heteroatoms. The molecule has 23 heavy (non-hydrogen) atoms. The highest BCUT2D eigenvalue weighted by atomic mass is 16.7. The third-order valence-electron chi connectivity index (χ3n) is 4.51. The molecule has 0 bridgehead atoms. The summed E-state index contributed by atoms with van der Waals surface area (Å²) in [4.78, 5) is 28.6. The van der Waals surface area contributed by atoms with Gasteiger partial charge in [-0.15, -0.1) is 0 Å². The van der Waals surface area contributed by atoms with Gasteiger partial charge in [0.05, 0.1) is 12.7 Å². The number of nitrogens with zero attached hydrogens (tertiary/aromatic N) is 1. The van der Waals surface area contributed by atoms with Crippen LogP contribution >= 0.6 is 0 Å². The molecular weight excluding hydrogens is 294 g/mol. The zero-order valence-corrected chi connectivity index (χ0v) is 14.5. The van der Waals surface area contributed by atoms with E-state index in [1.165, 1.54) is 30.2 Å². The van der Waals surface area contributed by atoms with E-state index >= 15 is 0 Å². The van der Waals surface area contributed by atoms with Crippen LogP contribution < -0.4 is 0 Å². The Hall–Kier alpha value is -2.04.